The predicted octanol–water partition coefficient (Wildman–Crippen LogP) is 1.46. The van der Waals surface area contributed by atoms with Gasteiger partial charge in [0.2, 0.25) is 15.9 Å². The maximum atomic E-state index is 12.2. The van der Waals surface area contributed by atoms with Crippen LogP contribution in [0, 0.1) is 0 Å². The van der Waals surface area contributed by atoms with E-state index in [1.165, 1.54) is 4.31 Å². The normalized spacial score (nSPS) is 15.6. The molecular weight excluding hydrogens is 372 g/mol. The number of sulfonamides is 1. The predicted molar refractivity (Wildman–Crippen MR) is 88.3 cm³/mol. The van der Waals surface area contributed by atoms with Crippen molar-refractivity contribution in [3.8, 4) is 0 Å². The fourth-order valence-corrected chi connectivity index (χ4v) is 3.45. The molecule has 1 saturated heterocycles. The molecule has 0 atom stereocenters. The first kappa shape index (κ1) is 17.2. The van der Waals surface area contributed by atoms with Crippen LogP contribution in [0.15, 0.2) is 28.7 Å². The van der Waals surface area contributed by atoms with Crippen LogP contribution < -0.4 is 4.31 Å². The average Bonchev–Trinajstić information content (AvgIpc) is 2.48. The zero-order chi connectivity index (χ0) is 16.2. The zero-order valence-corrected chi connectivity index (χ0v) is 14.8. The molecule has 1 aromatic rings. The molecule has 6 nitrogen and oxygen atoms in total. The Morgan fingerprint density at radius 1 is 1.27 bits per heavy atom. The molecule has 0 spiro atoms. The van der Waals surface area contributed by atoms with E-state index in [-0.39, 0.29) is 18.9 Å². The molecule has 1 aliphatic heterocycles. The Morgan fingerprint density at radius 2 is 1.86 bits per heavy atom. The number of carbonyl (C=O) groups is 1. The van der Waals surface area contributed by atoms with Crippen LogP contribution in [0.3, 0.4) is 0 Å². The highest BCUT2D eigenvalue weighted by Crippen LogP contribution is 2.21. The third-order valence-electron chi connectivity index (χ3n) is 3.41. The zero-order valence-electron chi connectivity index (χ0n) is 12.4. The highest BCUT2D eigenvalue weighted by Gasteiger charge is 2.21. The summed E-state index contributed by atoms with van der Waals surface area (Å²) in [6.45, 7) is 2.34. The molecule has 0 bridgehead atoms. The fourth-order valence-electron chi connectivity index (χ4n) is 2.26. The van der Waals surface area contributed by atoms with E-state index in [1.54, 1.807) is 29.2 Å². The molecule has 0 unspecified atom stereocenters. The number of carbonyl (C=O) groups excluding carboxylic acids is 1. The van der Waals surface area contributed by atoms with Gasteiger partial charge in [-0.2, -0.15) is 0 Å². The summed E-state index contributed by atoms with van der Waals surface area (Å²) in [5.41, 5.74) is 0.556. The maximum absolute atomic E-state index is 12.2. The van der Waals surface area contributed by atoms with Crippen LogP contribution >= 0.6 is 15.9 Å². The lowest BCUT2D eigenvalue weighted by molar-refractivity contribution is -0.134. The Hall–Kier alpha value is -1.12. The first-order valence-corrected chi connectivity index (χ1v) is 9.61. The van der Waals surface area contributed by atoms with Gasteiger partial charge in [0.25, 0.3) is 0 Å². The van der Waals surface area contributed by atoms with Crippen molar-refractivity contribution < 1.29 is 17.9 Å². The molecular formula is C14H19BrN2O4S. The van der Waals surface area contributed by atoms with Crippen LogP contribution in [0.25, 0.3) is 0 Å². The third-order valence-corrected chi connectivity index (χ3v) is 5.13. The van der Waals surface area contributed by atoms with E-state index in [4.69, 9.17) is 4.74 Å². The van der Waals surface area contributed by atoms with Crippen LogP contribution in [0.1, 0.15) is 6.42 Å². The Labute approximate surface area is 139 Å². The molecule has 1 aromatic carbocycles. The number of benzene rings is 1. The van der Waals surface area contributed by atoms with Gasteiger partial charge in [0.1, 0.15) is 0 Å². The number of ether oxygens (including phenoxy) is 1. The summed E-state index contributed by atoms with van der Waals surface area (Å²) in [4.78, 5) is 13.9. The second-order valence-electron chi connectivity index (χ2n) is 5.05. The molecule has 1 heterocycles. The number of morpholine rings is 1. The summed E-state index contributed by atoms with van der Waals surface area (Å²) < 4.78 is 31.3. The molecule has 1 amide bonds. The summed E-state index contributed by atoms with van der Waals surface area (Å²) in [6.07, 6.45) is 1.30. The lowest BCUT2D eigenvalue weighted by Crippen LogP contribution is -2.42. The topological polar surface area (TPSA) is 66.9 Å². The number of halogens is 1. The summed E-state index contributed by atoms with van der Waals surface area (Å²) >= 11 is 3.32. The Bertz CT molecular complexity index is 612. The monoisotopic (exact) mass is 390 g/mol. The molecule has 122 valence electrons. The summed E-state index contributed by atoms with van der Waals surface area (Å²) in [6, 6.07) is 6.98. The minimum absolute atomic E-state index is 0.0472. The van der Waals surface area contributed by atoms with E-state index < -0.39 is 10.0 Å². The lowest BCUT2D eigenvalue weighted by Gasteiger charge is -2.28. The molecule has 22 heavy (non-hydrogen) atoms. The standard InChI is InChI=1S/C14H19BrN2O4S/c1-22(19,20)17(13-4-2-12(15)3-5-13)7-6-14(18)16-8-10-21-11-9-16/h2-5H,6-11H2,1H3. The molecule has 0 N–H and O–H groups in total. The molecule has 2 rings (SSSR count). The van der Waals surface area contributed by atoms with Crippen LogP contribution in [0.4, 0.5) is 5.69 Å². The Kier molecular flexibility index (Phi) is 5.82. The van der Waals surface area contributed by atoms with Gasteiger partial charge in [-0.05, 0) is 24.3 Å². The van der Waals surface area contributed by atoms with Gasteiger partial charge in [0.15, 0.2) is 0 Å². The summed E-state index contributed by atoms with van der Waals surface area (Å²) in [7, 11) is -3.43. The quantitative estimate of drug-likeness (QED) is 0.763. The van der Waals surface area contributed by atoms with Gasteiger partial charge < -0.3 is 9.64 Å². The molecule has 1 fully saturated rings. The van der Waals surface area contributed by atoms with Gasteiger partial charge in [-0.1, -0.05) is 15.9 Å². The minimum Gasteiger partial charge on any atom is -0.378 e. The second-order valence-corrected chi connectivity index (χ2v) is 7.88. The number of hydrogen-bond donors (Lipinski definition) is 0. The van der Waals surface area contributed by atoms with Crippen molar-refractivity contribution in [1.82, 2.24) is 4.90 Å². The smallest absolute Gasteiger partial charge is 0.232 e. The van der Waals surface area contributed by atoms with Crippen molar-refractivity contribution in [2.24, 2.45) is 0 Å². The Morgan fingerprint density at radius 3 is 2.41 bits per heavy atom. The Balaban J connectivity index is 2.04. The van der Waals surface area contributed by atoms with Crippen LogP contribution in [0.2, 0.25) is 0 Å². The number of hydrogen-bond acceptors (Lipinski definition) is 4. The van der Waals surface area contributed by atoms with Gasteiger partial charge in [0, 0.05) is 30.5 Å². The third kappa shape index (κ3) is 4.69. The van der Waals surface area contributed by atoms with E-state index in [0.717, 1.165) is 10.7 Å². The van der Waals surface area contributed by atoms with Gasteiger partial charge in [-0.25, -0.2) is 8.42 Å². The molecule has 0 saturated carbocycles. The fraction of sp³-hybridized carbons (Fsp3) is 0.500. The SMILES string of the molecule is CS(=O)(=O)N(CCC(=O)N1CCOCC1)c1ccc(Br)cc1. The van der Waals surface area contributed by atoms with Crippen molar-refractivity contribution in [3.05, 3.63) is 28.7 Å². The molecule has 0 aromatic heterocycles. The van der Waals surface area contributed by atoms with Crippen molar-refractivity contribution in [2.45, 2.75) is 6.42 Å². The van der Waals surface area contributed by atoms with Crippen molar-refractivity contribution in [2.75, 3.05) is 43.4 Å². The molecule has 1 aliphatic rings. The van der Waals surface area contributed by atoms with Gasteiger partial charge >= 0.3 is 0 Å². The average molecular weight is 391 g/mol. The summed E-state index contributed by atoms with van der Waals surface area (Å²) in [5.74, 6) is -0.0472. The highest BCUT2D eigenvalue weighted by atomic mass is 79.9. The maximum Gasteiger partial charge on any atom is 0.232 e. The van der Waals surface area contributed by atoms with Crippen LogP contribution in [0.5, 0.6) is 0 Å². The van der Waals surface area contributed by atoms with Gasteiger partial charge in [-0.3, -0.25) is 9.10 Å². The first-order chi connectivity index (χ1) is 10.4. The van der Waals surface area contributed by atoms with Crippen molar-refractivity contribution in [1.29, 1.82) is 0 Å². The van der Waals surface area contributed by atoms with E-state index in [0.29, 0.717) is 32.0 Å². The van der Waals surface area contributed by atoms with E-state index in [9.17, 15) is 13.2 Å². The number of rotatable bonds is 5. The number of nitrogens with zero attached hydrogens (tertiary/aromatic N) is 2. The first-order valence-electron chi connectivity index (χ1n) is 6.97. The van der Waals surface area contributed by atoms with Gasteiger partial charge in [-0.15, -0.1) is 0 Å². The summed E-state index contributed by atoms with van der Waals surface area (Å²) in [5, 5.41) is 0. The van der Waals surface area contributed by atoms with Gasteiger partial charge in [0.05, 0.1) is 25.2 Å². The largest absolute Gasteiger partial charge is 0.378 e. The van der Waals surface area contributed by atoms with Crippen LogP contribution in [-0.2, 0) is 19.6 Å². The number of anilines is 1. The van der Waals surface area contributed by atoms with E-state index in [2.05, 4.69) is 15.9 Å². The van der Waals surface area contributed by atoms with E-state index >= 15 is 0 Å². The lowest BCUT2D eigenvalue weighted by atomic mass is 10.3. The van der Waals surface area contributed by atoms with Crippen molar-refractivity contribution in [3.63, 3.8) is 0 Å². The minimum atomic E-state index is -3.43. The number of amides is 1. The second kappa shape index (κ2) is 7.43. The highest BCUT2D eigenvalue weighted by molar-refractivity contribution is 9.10. The van der Waals surface area contributed by atoms with Crippen molar-refractivity contribution >= 4 is 37.5 Å². The van der Waals surface area contributed by atoms with E-state index in [1.807, 2.05) is 0 Å². The molecule has 0 radical (unpaired) electrons. The molecule has 0 aliphatic carbocycles. The van der Waals surface area contributed by atoms with Crippen LogP contribution in [-0.4, -0.2) is 58.3 Å². The molecule has 8 heteroatoms.